The molecule has 1 aromatic rings. The predicted molar refractivity (Wildman–Crippen MR) is 82.6 cm³/mol. The van der Waals surface area contributed by atoms with E-state index in [0.717, 1.165) is 5.75 Å². The lowest BCUT2D eigenvalue weighted by Gasteiger charge is -2.36. The van der Waals surface area contributed by atoms with E-state index in [2.05, 4.69) is 47.2 Å². The molecule has 1 saturated heterocycles. The average Bonchev–Trinajstić information content (AvgIpc) is 2.41. The molecule has 1 aromatic carbocycles. The molecule has 0 atom stereocenters. The first-order chi connectivity index (χ1) is 8.83. The minimum atomic E-state index is 1.11. The Morgan fingerprint density at radius 1 is 1.17 bits per heavy atom. The standard InChI is InChI=1S/C15H24N2S/c1-3-7-16-8-10-17(11-9-16)15-6-4-5-14(12-15)13-18-2/h4-6,12H,3,7-11,13H2,1-2H3. The van der Waals surface area contributed by atoms with Crippen molar-refractivity contribution >= 4 is 17.4 Å². The van der Waals surface area contributed by atoms with Crippen LogP contribution in [0.2, 0.25) is 0 Å². The lowest BCUT2D eigenvalue weighted by molar-refractivity contribution is 0.258. The minimum Gasteiger partial charge on any atom is -0.369 e. The van der Waals surface area contributed by atoms with Crippen LogP contribution in [-0.2, 0) is 5.75 Å². The molecule has 0 bridgehead atoms. The van der Waals surface area contributed by atoms with Crippen molar-refractivity contribution in [3.63, 3.8) is 0 Å². The van der Waals surface area contributed by atoms with E-state index in [1.165, 1.54) is 50.4 Å². The van der Waals surface area contributed by atoms with Crippen molar-refractivity contribution in [2.45, 2.75) is 19.1 Å². The molecule has 18 heavy (non-hydrogen) atoms. The lowest BCUT2D eigenvalue weighted by atomic mass is 10.2. The van der Waals surface area contributed by atoms with E-state index < -0.39 is 0 Å². The highest BCUT2D eigenvalue weighted by Gasteiger charge is 2.16. The molecule has 0 radical (unpaired) electrons. The van der Waals surface area contributed by atoms with Gasteiger partial charge in [0.25, 0.3) is 0 Å². The molecule has 0 amide bonds. The highest BCUT2D eigenvalue weighted by molar-refractivity contribution is 7.97. The monoisotopic (exact) mass is 264 g/mol. The molecule has 100 valence electrons. The van der Waals surface area contributed by atoms with Gasteiger partial charge in [-0.2, -0.15) is 11.8 Å². The van der Waals surface area contributed by atoms with Crippen LogP contribution in [0.3, 0.4) is 0 Å². The van der Waals surface area contributed by atoms with Crippen molar-refractivity contribution in [3.05, 3.63) is 29.8 Å². The van der Waals surface area contributed by atoms with Gasteiger partial charge in [-0.05, 0) is 36.9 Å². The van der Waals surface area contributed by atoms with E-state index in [1.54, 1.807) is 0 Å². The highest BCUT2D eigenvalue weighted by atomic mass is 32.2. The van der Waals surface area contributed by atoms with Gasteiger partial charge in [-0.25, -0.2) is 0 Å². The van der Waals surface area contributed by atoms with Crippen LogP contribution >= 0.6 is 11.8 Å². The van der Waals surface area contributed by atoms with Crippen LogP contribution in [0, 0.1) is 0 Å². The number of anilines is 1. The highest BCUT2D eigenvalue weighted by Crippen LogP contribution is 2.20. The Labute approximate surface area is 115 Å². The molecular weight excluding hydrogens is 240 g/mol. The fraction of sp³-hybridized carbons (Fsp3) is 0.600. The third-order valence-electron chi connectivity index (χ3n) is 3.50. The third-order valence-corrected chi connectivity index (χ3v) is 4.12. The first-order valence-electron chi connectivity index (χ1n) is 6.88. The predicted octanol–water partition coefficient (Wildman–Crippen LogP) is 3.08. The van der Waals surface area contributed by atoms with Crippen molar-refractivity contribution < 1.29 is 0 Å². The summed E-state index contributed by atoms with van der Waals surface area (Å²) in [4.78, 5) is 5.10. The Balaban J connectivity index is 1.94. The van der Waals surface area contributed by atoms with E-state index >= 15 is 0 Å². The molecule has 0 unspecified atom stereocenters. The molecule has 1 aliphatic heterocycles. The number of piperazine rings is 1. The Bertz CT molecular complexity index is 359. The summed E-state index contributed by atoms with van der Waals surface area (Å²) in [6, 6.07) is 9.03. The Morgan fingerprint density at radius 3 is 2.61 bits per heavy atom. The van der Waals surface area contributed by atoms with Crippen LogP contribution in [0.25, 0.3) is 0 Å². The normalized spacial score (nSPS) is 17.1. The van der Waals surface area contributed by atoms with Crippen molar-refractivity contribution in [2.75, 3.05) is 43.9 Å². The summed E-state index contributed by atoms with van der Waals surface area (Å²) in [7, 11) is 0. The fourth-order valence-corrected chi connectivity index (χ4v) is 3.07. The van der Waals surface area contributed by atoms with Crippen molar-refractivity contribution in [2.24, 2.45) is 0 Å². The maximum absolute atomic E-state index is 2.57. The molecule has 0 aromatic heterocycles. The molecular formula is C15H24N2S. The molecule has 1 aliphatic rings. The first-order valence-corrected chi connectivity index (χ1v) is 8.28. The molecule has 1 heterocycles. The summed E-state index contributed by atoms with van der Waals surface area (Å²) >= 11 is 1.89. The smallest absolute Gasteiger partial charge is 0.0370 e. The van der Waals surface area contributed by atoms with E-state index in [0.29, 0.717) is 0 Å². The number of hydrogen-bond acceptors (Lipinski definition) is 3. The van der Waals surface area contributed by atoms with Crippen LogP contribution in [0.5, 0.6) is 0 Å². The Hall–Kier alpha value is -0.670. The van der Waals surface area contributed by atoms with Crippen LogP contribution in [0.15, 0.2) is 24.3 Å². The quantitative estimate of drug-likeness (QED) is 0.807. The average molecular weight is 264 g/mol. The van der Waals surface area contributed by atoms with Crippen LogP contribution in [0.4, 0.5) is 5.69 Å². The van der Waals surface area contributed by atoms with Crippen molar-refractivity contribution in [1.82, 2.24) is 4.90 Å². The van der Waals surface area contributed by atoms with Crippen LogP contribution in [0.1, 0.15) is 18.9 Å². The van der Waals surface area contributed by atoms with Crippen molar-refractivity contribution in [1.29, 1.82) is 0 Å². The topological polar surface area (TPSA) is 6.48 Å². The van der Waals surface area contributed by atoms with Gasteiger partial charge in [-0.1, -0.05) is 19.1 Å². The summed E-state index contributed by atoms with van der Waals surface area (Å²) in [5.74, 6) is 1.11. The molecule has 0 saturated carbocycles. The minimum absolute atomic E-state index is 1.11. The Kier molecular flexibility index (Phi) is 5.39. The Morgan fingerprint density at radius 2 is 1.94 bits per heavy atom. The van der Waals surface area contributed by atoms with Gasteiger partial charge >= 0.3 is 0 Å². The molecule has 2 rings (SSSR count). The fourth-order valence-electron chi connectivity index (χ4n) is 2.56. The zero-order valence-electron chi connectivity index (χ0n) is 11.6. The van der Waals surface area contributed by atoms with Gasteiger partial charge in [-0.3, -0.25) is 4.90 Å². The number of hydrogen-bond donors (Lipinski definition) is 0. The lowest BCUT2D eigenvalue weighted by Crippen LogP contribution is -2.46. The van der Waals surface area contributed by atoms with E-state index in [9.17, 15) is 0 Å². The second-order valence-corrected chi connectivity index (χ2v) is 5.80. The zero-order valence-corrected chi connectivity index (χ0v) is 12.4. The summed E-state index contributed by atoms with van der Waals surface area (Å²) < 4.78 is 0. The van der Waals surface area contributed by atoms with E-state index in [1.807, 2.05) is 11.8 Å². The summed E-state index contributed by atoms with van der Waals surface area (Å²) in [5.41, 5.74) is 2.84. The summed E-state index contributed by atoms with van der Waals surface area (Å²) in [5, 5.41) is 0. The van der Waals surface area contributed by atoms with Gasteiger partial charge in [0.15, 0.2) is 0 Å². The van der Waals surface area contributed by atoms with Gasteiger partial charge in [0, 0.05) is 37.6 Å². The molecule has 2 nitrogen and oxygen atoms in total. The van der Waals surface area contributed by atoms with E-state index in [4.69, 9.17) is 0 Å². The SMILES string of the molecule is CCCN1CCN(c2cccc(CSC)c2)CC1. The number of thioether (sulfide) groups is 1. The van der Waals surface area contributed by atoms with Gasteiger partial charge < -0.3 is 4.90 Å². The van der Waals surface area contributed by atoms with Gasteiger partial charge in [0.05, 0.1) is 0 Å². The summed E-state index contributed by atoms with van der Waals surface area (Å²) in [6.45, 7) is 8.27. The molecule has 3 heteroatoms. The maximum Gasteiger partial charge on any atom is 0.0370 e. The largest absolute Gasteiger partial charge is 0.369 e. The number of benzene rings is 1. The molecule has 0 spiro atoms. The number of rotatable bonds is 5. The first kappa shape index (κ1) is 13.8. The van der Waals surface area contributed by atoms with Crippen LogP contribution < -0.4 is 4.90 Å². The van der Waals surface area contributed by atoms with Crippen LogP contribution in [-0.4, -0.2) is 43.9 Å². The maximum atomic E-state index is 2.57. The number of nitrogens with zero attached hydrogens (tertiary/aromatic N) is 2. The van der Waals surface area contributed by atoms with Gasteiger partial charge in [-0.15, -0.1) is 0 Å². The molecule has 0 N–H and O–H groups in total. The summed E-state index contributed by atoms with van der Waals surface area (Å²) in [6.07, 6.45) is 3.43. The second kappa shape index (κ2) is 7.05. The molecule has 1 fully saturated rings. The van der Waals surface area contributed by atoms with Gasteiger partial charge in [0.2, 0.25) is 0 Å². The van der Waals surface area contributed by atoms with E-state index in [-0.39, 0.29) is 0 Å². The third kappa shape index (κ3) is 3.66. The zero-order chi connectivity index (χ0) is 12.8. The second-order valence-electron chi connectivity index (χ2n) is 4.93. The molecule has 0 aliphatic carbocycles. The van der Waals surface area contributed by atoms with Crippen molar-refractivity contribution in [3.8, 4) is 0 Å². The van der Waals surface area contributed by atoms with Gasteiger partial charge in [0.1, 0.15) is 0 Å².